The molecule has 5 aromatic rings. The summed E-state index contributed by atoms with van der Waals surface area (Å²) in [6, 6.07) is 13.4. The first kappa shape index (κ1) is 30.8. The molecule has 7 rings (SSSR count). The predicted octanol–water partition coefficient (Wildman–Crippen LogP) is 8.74. The Kier molecular flexibility index (Phi) is 9.50. The van der Waals surface area contributed by atoms with E-state index in [4.69, 9.17) is 25.5 Å². The molecule has 2 aromatic carbocycles. The molecule has 236 valence electrons. The van der Waals surface area contributed by atoms with Gasteiger partial charge >= 0.3 is 0 Å². The van der Waals surface area contributed by atoms with Crippen LogP contribution in [-0.4, -0.2) is 58.3 Å². The lowest BCUT2D eigenvalue weighted by molar-refractivity contribution is 0.0312. The van der Waals surface area contributed by atoms with Gasteiger partial charge in [0, 0.05) is 30.2 Å². The lowest BCUT2D eigenvalue weighted by Gasteiger charge is -2.25. The Morgan fingerprint density at radius 2 is 1.91 bits per heavy atom. The maximum atomic E-state index is 13.8. The zero-order valence-electron chi connectivity index (χ0n) is 24.7. The number of thioether (sulfide) groups is 1. The molecule has 0 bridgehead atoms. The Morgan fingerprint density at radius 3 is 2.73 bits per heavy atom. The van der Waals surface area contributed by atoms with Gasteiger partial charge in [-0.2, -0.15) is 16.9 Å². The Balaban J connectivity index is 0.982. The molecule has 1 aliphatic heterocycles. The number of halogens is 3. The van der Waals surface area contributed by atoms with E-state index >= 15 is 0 Å². The standard InChI is InChI=1S/C33H34BrClFN5O3S/c34-26-17-29-25(32-30(41(29)22-4-5-22)18-37-39-33(32)38-21-3-8-28(36)27(35)15-21)16-31(26)43-11-1-2-14-45-20-24-7-6-23(44-24)19-40-9-12-42-13-10-40/h3,6-8,15-18,22H,1-2,4-5,9-14,19-20H2,(H,38,39). The summed E-state index contributed by atoms with van der Waals surface area (Å²) in [5.41, 5.74) is 2.75. The first-order valence-corrected chi connectivity index (χ1v) is 17.6. The van der Waals surface area contributed by atoms with Crippen LogP contribution in [0.1, 0.15) is 43.2 Å². The van der Waals surface area contributed by atoms with Gasteiger partial charge in [-0.1, -0.05) is 11.6 Å². The van der Waals surface area contributed by atoms with Gasteiger partial charge < -0.3 is 23.8 Å². The van der Waals surface area contributed by atoms with Crippen molar-refractivity contribution in [2.75, 3.05) is 44.0 Å². The monoisotopic (exact) mass is 713 g/mol. The molecule has 0 atom stereocenters. The van der Waals surface area contributed by atoms with E-state index < -0.39 is 5.82 Å². The molecule has 0 radical (unpaired) electrons. The Labute approximate surface area is 278 Å². The van der Waals surface area contributed by atoms with Gasteiger partial charge in [-0.05, 0) is 89.8 Å². The van der Waals surface area contributed by atoms with Gasteiger partial charge in [0.1, 0.15) is 23.1 Å². The first-order chi connectivity index (χ1) is 22.0. The number of unbranched alkanes of at least 4 members (excludes halogenated alkanes) is 1. The third-order valence-corrected chi connectivity index (χ3v) is 10.1. The Bertz CT molecular complexity index is 1810. The molecule has 12 heteroatoms. The van der Waals surface area contributed by atoms with E-state index in [9.17, 15) is 4.39 Å². The molecular weight excluding hydrogens is 681 g/mol. The fourth-order valence-corrected chi connectivity index (χ4v) is 7.29. The van der Waals surface area contributed by atoms with Crippen molar-refractivity contribution >= 4 is 72.6 Å². The fourth-order valence-electron chi connectivity index (χ4n) is 5.76. The molecule has 0 unspecified atom stereocenters. The van der Waals surface area contributed by atoms with Gasteiger partial charge in [0.25, 0.3) is 0 Å². The van der Waals surface area contributed by atoms with Crippen LogP contribution >= 0.6 is 39.3 Å². The zero-order chi connectivity index (χ0) is 30.8. The highest BCUT2D eigenvalue weighted by molar-refractivity contribution is 9.10. The largest absolute Gasteiger partial charge is 0.492 e. The van der Waals surface area contributed by atoms with Crippen molar-refractivity contribution in [1.82, 2.24) is 19.7 Å². The summed E-state index contributed by atoms with van der Waals surface area (Å²) in [6.07, 6.45) is 6.07. The average Bonchev–Trinajstić information content (AvgIpc) is 3.69. The molecule has 2 aliphatic rings. The van der Waals surface area contributed by atoms with Gasteiger partial charge in [0.15, 0.2) is 5.82 Å². The Hall–Kier alpha value is -2.83. The van der Waals surface area contributed by atoms with Gasteiger partial charge in [-0.15, -0.1) is 5.10 Å². The van der Waals surface area contributed by atoms with Crippen LogP contribution in [0.15, 0.2) is 57.6 Å². The van der Waals surface area contributed by atoms with E-state index in [1.807, 2.05) is 18.0 Å². The topological polar surface area (TPSA) is 77.6 Å². The highest BCUT2D eigenvalue weighted by Gasteiger charge is 2.29. The molecule has 2 fully saturated rings. The highest BCUT2D eigenvalue weighted by Crippen LogP contribution is 2.46. The molecular formula is C33H34BrClFN5O3S. The van der Waals surface area contributed by atoms with Crippen LogP contribution in [0.25, 0.3) is 21.8 Å². The van der Waals surface area contributed by atoms with Crippen molar-refractivity contribution in [2.24, 2.45) is 0 Å². The summed E-state index contributed by atoms with van der Waals surface area (Å²) < 4.78 is 34.8. The van der Waals surface area contributed by atoms with E-state index in [2.05, 4.69) is 65.2 Å². The number of furan rings is 1. The lowest BCUT2D eigenvalue weighted by atomic mass is 10.2. The van der Waals surface area contributed by atoms with Gasteiger partial charge in [0.2, 0.25) is 0 Å². The molecule has 1 saturated heterocycles. The van der Waals surface area contributed by atoms with E-state index in [-0.39, 0.29) is 5.02 Å². The smallest absolute Gasteiger partial charge is 0.163 e. The number of hydrogen-bond donors (Lipinski definition) is 1. The van der Waals surface area contributed by atoms with E-state index in [1.54, 1.807) is 12.1 Å². The second kappa shape index (κ2) is 13.9. The molecule has 1 saturated carbocycles. The Morgan fingerprint density at radius 1 is 1.07 bits per heavy atom. The predicted molar refractivity (Wildman–Crippen MR) is 181 cm³/mol. The van der Waals surface area contributed by atoms with Crippen molar-refractivity contribution in [3.63, 3.8) is 0 Å². The summed E-state index contributed by atoms with van der Waals surface area (Å²) in [7, 11) is 0. The summed E-state index contributed by atoms with van der Waals surface area (Å²) in [4.78, 5) is 2.37. The quantitative estimate of drug-likeness (QED) is 0.121. The average molecular weight is 715 g/mol. The van der Waals surface area contributed by atoms with E-state index in [0.29, 0.717) is 24.2 Å². The summed E-state index contributed by atoms with van der Waals surface area (Å²) in [5, 5.41) is 14.1. The highest BCUT2D eigenvalue weighted by atomic mass is 79.9. The second-order valence-electron chi connectivity index (χ2n) is 11.5. The van der Waals surface area contributed by atoms with Crippen LogP contribution in [0.3, 0.4) is 0 Å². The minimum absolute atomic E-state index is 0.0492. The number of aromatic nitrogens is 3. The number of nitrogens with one attached hydrogen (secondary N) is 1. The summed E-state index contributed by atoms with van der Waals surface area (Å²) in [6.45, 7) is 4.98. The van der Waals surface area contributed by atoms with Crippen LogP contribution in [0.4, 0.5) is 15.9 Å². The van der Waals surface area contributed by atoms with Crippen LogP contribution < -0.4 is 10.1 Å². The molecule has 8 nitrogen and oxygen atoms in total. The van der Waals surface area contributed by atoms with Gasteiger partial charge in [-0.3, -0.25) is 4.90 Å². The molecule has 0 amide bonds. The zero-order valence-corrected chi connectivity index (χ0v) is 27.9. The SMILES string of the molecule is Fc1ccc(Nc2nncc3c2c2cc(OCCCCSCc4ccc(CN5CCOCC5)o4)c(Br)cc2n3C2CC2)cc1Cl. The molecule has 3 aromatic heterocycles. The summed E-state index contributed by atoms with van der Waals surface area (Å²) >= 11 is 11.7. The van der Waals surface area contributed by atoms with Gasteiger partial charge in [0.05, 0.1) is 64.2 Å². The third kappa shape index (κ3) is 7.12. The fraction of sp³-hybridized carbons (Fsp3) is 0.394. The molecule has 0 spiro atoms. The molecule has 1 aliphatic carbocycles. The van der Waals surface area contributed by atoms with Crippen LogP contribution in [0, 0.1) is 5.82 Å². The third-order valence-electron chi connectivity index (χ3n) is 8.15. The van der Waals surface area contributed by atoms with Crippen LogP contribution in [0.2, 0.25) is 5.02 Å². The van der Waals surface area contributed by atoms with Crippen molar-refractivity contribution < 1.29 is 18.3 Å². The summed E-state index contributed by atoms with van der Waals surface area (Å²) in [5.74, 6) is 4.89. The van der Waals surface area contributed by atoms with Gasteiger partial charge in [-0.25, -0.2) is 4.39 Å². The minimum Gasteiger partial charge on any atom is -0.492 e. The maximum absolute atomic E-state index is 13.8. The number of benzene rings is 2. The molecule has 4 heterocycles. The number of morpholine rings is 1. The second-order valence-corrected chi connectivity index (χ2v) is 13.8. The van der Waals surface area contributed by atoms with Crippen molar-refractivity contribution in [1.29, 1.82) is 0 Å². The van der Waals surface area contributed by atoms with Crippen LogP contribution in [-0.2, 0) is 17.0 Å². The number of ether oxygens (including phenoxy) is 2. The van der Waals surface area contributed by atoms with Crippen molar-refractivity contribution in [2.45, 2.75) is 44.0 Å². The molecule has 45 heavy (non-hydrogen) atoms. The minimum atomic E-state index is -0.465. The number of hydrogen-bond acceptors (Lipinski definition) is 8. The first-order valence-electron chi connectivity index (χ1n) is 15.3. The van der Waals surface area contributed by atoms with E-state index in [1.165, 1.54) is 6.07 Å². The van der Waals surface area contributed by atoms with E-state index in [0.717, 1.165) is 114 Å². The number of nitrogens with zero attached hydrogens (tertiary/aromatic N) is 4. The number of anilines is 2. The lowest BCUT2D eigenvalue weighted by Crippen LogP contribution is -2.35. The van der Waals surface area contributed by atoms with Crippen molar-refractivity contribution in [3.05, 3.63) is 75.5 Å². The van der Waals surface area contributed by atoms with Crippen LogP contribution in [0.5, 0.6) is 5.75 Å². The van der Waals surface area contributed by atoms with Crippen molar-refractivity contribution in [3.8, 4) is 5.75 Å². The maximum Gasteiger partial charge on any atom is 0.163 e. The normalized spacial score (nSPS) is 15.7. The number of rotatable bonds is 13. The molecule has 1 N–H and O–H groups in total. The number of fused-ring (bicyclic) bond motifs is 3.